The second kappa shape index (κ2) is 6.63. The second-order valence-corrected chi connectivity index (χ2v) is 4.59. The molecule has 4 heteroatoms. The highest BCUT2D eigenvalue weighted by molar-refractivity contribution is 5.98. The lowest BCUT2D eigenvalue weighted by atomic mass is 10.1. The summed E-state index contributed by atoms with van der Waals surface area (Å²) >= 11 is 0. The van der Waals surface area contributed by atoms with Crippen LogP contribution in [0.15, 0.2) is 4.99 Å². The van der Waals surface area contributed by atoms with Gasteiger partial charge in [-0.05, 0) is 40.4 Å². The van der Waals surface area contributed by atoms with E-state index in [9.17, 15) is 4.79 Å². The van der Waals surface area contributed by atoms with Gasteiger partial charge in [0, 0.05) is 13.0 Å². The lowest BCUT2D eigenvalue weighted by Crippen LogP contribution is -2.32. The van der Waals surface area contributed by atoms with Gasteiger partial charge in [0.25, 0.3) is 0 Å². The maximum Gasteiger partial charge on any atom is 0.227 e. The SMILES string of the molecule is CC1=NCCN1C(=O)CCCCCN(C)C. The van der Waals surface area contributed by atoms with Crippen LogP contribution in [-0.2, 0) is 4.79 Å². The number of nitrogens with zero attached hydrogens (tertiary/aromatic N) is 3. The highest BCUT2D eigenvalue weighted by Crippen LogP contribution is 2.08. The van der Waals surface area contributed by atoms with Crippen molar-refractivity contribution < 1.29 is 4.79 Å². The van der Waals surface area contributed by atoms with E-state index in [1.165, 1.54) is 6.42 Å². The van der Waals surface area contributed by atoms with Gasteiger partial charge in [0.05, 0.1) is 6.54 Å². The van der Waals surface area contributed by atoms with Crippen molar-refractivity contribution in [3.8, 4) is 0 Å². The summed E-state index contributed by atoms with van der Waals surface area (Å²) in [6.07, 6.45) is 3.97. The summed E-state index contributed by atoms with van der Waals surface area (Å²) in [6.45, 7) is 4.58. The van der Waals surface area contributed by atoms with Gasteiger partial charge < -0.3 is 4.90 Å². The Hall–Kier alpha value is -0.900. The fraction of sp³-hybridized carbons (Fsp3) is 0.833. The quantitative estimate of drug-likeness (QED) is 0.640. The molecule has 1 aliphatic rings. The Morgan fingerprint density at radius 3 is 2.69 bits per heavy atom. The van der Waals surface area contributed by atoms with Crippen LogP contribution < -0.4 is 0 Å². The van der Waals surface area contributed by atoms with E-state index in [-0.39, 0.29) is 5.91 Å². The molecule has 0 N–H and O–H groups in total. The van der Waals surface area contributed by atoms with Crippen molar-refractivity contribution in [1.82, 2.24) is 9.80 Å². The van der Waals surface area contributed by atoms with Crippen LogP contribution in [0.5, 0.6) is 0 Å². The molecule has 0 aromatic rings. The van der Waals surface area contributed by atoms with Gasteiger partial charge in [0.2, 0.25) is 5.91 Å². The first-order valence-corrected chi connectivity index (χ1v) is 6.07. The molecule has 1 rings (SSSR count). The minimum absolute atomic E-state index is 0.239. The summed E-state index contributed by atoms with van der Waals surface area (Å²) in [4.78, 5) is 20.0. The molecule has 0 atom stereocenters. The minimum atomic E-state index is 0.239. The van der Waals surface area contributed by atoms with Gasteiger partial charge in [-0.15, -0.1) is 0 Å². The molecule has 1 heterocycles. The normalized spacial score (nSPS) is 15.8. The minimum Gasteiger partial charge on any atom is -0.309 e. The lowest BCUT2D eigenvalue weighted by molar-refractivity contribution is -0.127. The van der Waals surface area contributed by atoms with Crippen LogP contribution in [0.4, 0.5) is 0 Å². The van der Waals surface area contributed by atoms with Crippen molar-refractivity contribution in [1.29, 1.82) is 0 Å². The second-order valence-electron chi connectivity index (χ2n) is 4.59. The summed E-state index contributed by atoms with van der Waals surface area (Å²) in [5.74, 6) is 1.13. The monoisotopic (exact) mass is 225 g/mol. The number of carbonyl (C=O) groups excluding carboxylic acids is 1. The van der Waals surface area contributed by atoms with Crippen molar-refractivity contribution >= 4 is 11.7 Å². The number of hydrogen-bond donors (Lipinski definition) is 0. The van der Waals surface area contributed by atoms with Gasteiger partial charge in [-0.3, -0.25) is 14.7 Å². The average Bonchev–Trinajstić information content (AvgIpc) is 2.63. The van der Waals surface area contributed by atoms with Gasteiger partial charge in [-0.25, -0.2) is 0 Å². The van der Waals surface area contributed by atoms with Crippen molar-refractivity contribution in [2.75, 3.05) is 33.7 Å². The molecule has 0 saturated heterocycles. The molecular weight excluding hydrogens is 202 g/mol. The molecular formula is C12H23N3O. The fourth-order valence-electron chi connectivity index (χ4n) is 1.88. The van der Waals surface area contributed by atoms with Crippen molar-refractivity contribution in [2.45, 2.75) is 32.6 Å². The molecule has 0 saturated carbocycles. The molecule has 0 radical (unpaired) electrons. The van der Waals surface area contributed by atoms with E-state index in [1.807, 2.05) is 11.8 Å². The number of hydrogen-bond acceptors (Lipinski definition) is 3. The molecule has 0 aliphatic carbocycles. The molecule has 0 aromatic heterocycles. The van der Waals surface area contributed by atoms with E-state index in [0.29, 0.717) is 6.42 Å². The van der Waals surface area contributed by atoms with Crippen LogP contribution in [0.1, 0.15) is 32.6 Å². The van der Waals surface area contributed by atoms with E-state index >= 15 is 0 Å². The molecule has 0 unspecified atom stereocenters. The summed E-state index contributed by atoms with van der Waals surface area (Å²) < 4.78 is 0. The number of carbonyl (C=O) groups is 1. The van der Waals surface area contributed by atoms with E-state index in [0.717, 1.165) is 38.3 Å². The smallest absolute Gasteiger partial charge is 0.227 e. The molecule has 0 aromatic carbocycles. The molecule has 16 heavy (non-hydrogen) atoms. The van der Waals surface area contributed by atoms with Gasteiger partial charge in [0.15, 0.2) is 0 Å². The summed E-state index contributed by atoms with van der Waals surface area (Å²) in [5.41, 5.74) is 0. The number of rotatable bonds is 6. The van der Waals surface area contributed by atoms with Gasteiger partial charge >= 0.3 is 0 Å². The van der Waals surface area contributed by atoms with E-state index < -0.39 is 0 Å². The van der Waals surface area contributed by atoms with E-state index in [1.54, 1.807) is 0 Å². The Kier molecular flexibility index (Phi) is 5.46. The molecule has 4 nitrogen and oxygen atoms in total. The highest BCUT2D eigenvalue weighted by Gasteiger charge is 2.19. The third-order valence-corrected chi connectivity index (χ3v) is 2.85. The Bertz CT molecular complexity index is 261. The zero-order valence-electron chi connectivity index (χ0n) is 10.7. The lowest BCUT2D eigenvalue weighted by Gasteiger charge is -2.15. The zero-order chi connectivity index (χ0) is 12.0. The van der Waals surface area contributed by atoms with Crippen LogP contribution in [0, 0.1) is 0 Å². The van der Waals surface area contributed by atoms with Crippen LogP contribution >= 0.6 is 0 Å². The number of amidine groups is 1. The van der Waals surface area contributed by atoms with Gasteiger partial charge in [-0.1, -0.05) is 6.42 Å². The van der Waals surface area contributed by atoms with Crippen LogP contribution in [-0.4, -0.2) is 55.3 Å². The summed E-state index contributed by atoms with van der Waals surface area (Å²) in [6, 6.07) is 0. The Morgan fingerprint density at radius 2 is 2.12 bits per heavy atom. The maximum atomic E-state index is 11.8. The predicted octanol–water partition coefficient (Wildman–Crippen LogP) is 1.37. The maximum absolute atomic E-state index is 11.8. The predicted molar refractivity (Wildman–Crippen MR) is 66.7 cm³/mol. The molecule has 0 spiro atoms. The summed E-state index contributed by atoms with van der Waals surface area (Å²) in [5, 5.41) is 0. The molecule has 1 amide bonds. The topological polar surface area (TPSA) is 35.9 Å². The van der Waals surface area contributed by atoms with Gasteiger partial charge in [0.1, 0.15) is 5.84 Å². The Labute approximate surface area is 98.3 Å². The van der Waals surface area contributed by atoms with Crippen molar-refractivity contribution in [2.24, 2.45) is 4.99 Å². The highest BCUT2D eigenvalue weighted by atomic mass is 16.2. The molecule has 1 aliphatic heterocycles. The average molecular weight is 225 g/mol. The Morgan fingerprint density at radius 1 is 1.38 bits per heavy atom. The molecule has 0 fully saturated rings. The third kappa shape index (κ3) is 4.31. The van der Waals surface area contributed by atoms with E-state index in [2.05, 4.69) is 24.0 Å². The van der Waals surface area contributed by atoms with Crippen LogP contribution in [0.25, 0.3) is 0 Å². The number of amides is 1. The van der Waals surface area contributed by atoms with Gasteiger partial charge in [-0.2, -0.15) is 0 Å². The van der Waals surface area contributed by atoms with Crippen molar-refractivity contribution in [3.05, 3.63) is 0 Å². The first kappa shape index (κ1) is 13.2. The third-order valence-electron chi connectivity index (χ3n) is 2.85. The van der Waals surface area contributed by atoms with E-state index in [4.69, 9.17) is 0 Å². The first-order valence-electron chi connectivity index (χ1n) is 6.07. The molecule has 92 valence electrons. The number of unbranched alkanes of at least 4 members (excludes halogenated alkanes) is 2. The zero-order valence-corrected chi connectivity index (χ0v) is 10.7. The van der Waals surface area contributed by atoms with Crippen molar-refractivity contribution in [3.63, 3.8) is 0 Å². The standard InChI is InChI=1S/C12H23N3O/c1-11-13-8-10-15(11)12(16)7-5-4-6-9-14(2)3/h4-10H2,1-3H3. The molecule has 0 bridgehead atoms. The van der Waals surface area contributed by atoms with Crippen LogP contribution in [0.3, 0.4) is 0 Å². The fourth-order valence-corrected chi connectivity index (χ4v) is 1.88. The van der Waals surface area contributed by atoms with Crippen LogP contribution in [0.2, 0.25) is 0 Å². The Balaban J connectivity index is 2.09. The largest absolute Gasteiger partial charge is 0.309 e. The number of aliphatic imine (C=N–C) groups is 1. The summed E-state index contributed by atoms with van der Waals surface area (Å²) in [7, 11) is 4.16. The first-order chi connectivity index (χ1) is 7.61.